The molecule has 7 heteroatoms. The third-order valence-corrected chi connectivity index (χ3v) is 4.55. The Morgan fingerprint density at radius 1 is 1.31 bits per heavy atom. The predicted octanol–water partition coefficient (Wildman–Crippen LogP) is 2.03. The van der Waals surface area contributed by atoms with Crippen molar-refractivity contribution in [1.82, 2.24) is 20.5 Å². The molecule has 3 heterocycles. The van der Waals surface area contributed by atoms with Crippen molar-refractivity contribution in [3.63, 3.8) is 0 Å². The van der Waals surface area contributed by atoms with Gasteiger partial charge < -0.3 is 15.0 Å². The minimum atomic E-state index is -0.196. The Morgan fingerprint density at radius 3 is 3.00 bits per heavy atom. The van der Waals surface area contributed by atoms with E-state index in [1.54, 1.807) is 6.20 Å². The maximum Gasteiger partial charge on any atom is 0.272 e. The molecule has 1 fully saturated rings. The lowest BCUT2D eigenvalue weighted by atomic mass is 10.1. The number of nitrogens with zero attached hydrogens (tertiary/aromatic N) is 3. The van der Waals surface area contributed by atoms with Gasteiger partial charge in [-0.25, -0.2) is 4.98 Å². The molecule has 0 spiro atoms. The van der Waals surface area contributed by atoms with Crippen LogP contribution < -0.4 is 10.2 Å². The highest BCUT2D eigenvalue weighted by Crippen LogP contribution is 2.20. The van der Waals surface area contributed by atoms with Crippen molar-refractivity contribution in [2.45, 2.75) is 13.5 Å². The summed E-state index contributed by atoms with van der Waals surface area (Å²) in [4.78, 5) is 19.3. The molecule has 1 aromatic carbocycles. The van der Waals surface area contributed by atoms with Gasteiger partial charge in [-0.15, -0.1) is 0 Å². The van der Waals surface area contributed by atoms with E-state index in [1.807, 2.05) is 37.3 Å². The molecule has 26 heavy (non-hydrogen) atoms. The van der Waals surface area contributed by atoms with Crippen molar-refractivity contribution in [2.24, 2.45) is 0 Å². The number of carbonyl (C=O) groups is 1. The first-order chi connectivity index (χ1) is 12.7. The molecule has 7 nitrogen and oxygen atoms in total. The maximum atomic E-state index is 12.6. The van der Waals surface area contributed by atoms with Crippen LogP contribution in [-0.4, -0.2) is 47.4 Å². The summed E-state index contributed by atoms with van der Waals surface area (Å²) in [5, 5.41) is 10.9. The lowest BCUT2D eigenvalue weighted by molar-refractivity contribution is 0.0947. The summed E-state index contributed by atoms with van der Waals surface area (Å²) in [6, 6.07) is 9.78. The van der Waals surface area contributed by atoms with E-state index in [4.69, 9.17) is 4.74 Å². The monoisotopic (exact) mass is 351 g/mol. The number of anilines is 1. The van der Waals surface area contributed by atoms with Crippen LogP contribution in [0, 0.1) is 6.92 Å². The number of aromatic amines is 1. The minimum absolute atomic E-state index is 0.196. The highest BCUT2D eigenvalue weighted by molar-refractivity contribution is 6.04. The Labute approximate surface area is 151 Å². The van der Waals surface area contributed by atoms with Crippen molar-refractivity contribution < 1.29 is 9.53 Å². The molecule has 2 N–H and O–H groups in total. The van der Waals surface area contributed by atoms with Crippen LogP contribution in [0.25, 0.3) is 10.9 Å². The van der Waals surface area contributed by atoms with Crippen LogP contribution in [0.1, 0.15) is 21.6 Å². The number of hydrogen-bond donors (Lipinski definition) is 2. The standard InChI is InChI=1S/C19H21N5O2/c1-13-4-5-16-15(11-13)17(23-22-16)19(25)21-12-14-3-2-6-20-18(14)24-7-9-26-10-8-24/h2-6,11H,7-10,12H2,1H3,(H,21,25)(H,22,23). The number of rotatable bonds is 4. The second-order valence-corrected chi connectivity index (χ2v) is 6.39. The SMILES string of the molecule is Cc1ccc2[nH]nc(C(=O)NCc3cccnc3N3CCOCC3)c2c1. The normalized spacial score (nSPS) is 14.6. The Bertz CT molecular complexity index is 931. The van der Waals surface area contributed by atoms with E-state index in [9.17, 15) is 4.79 Å². The summed E-state index contributed by atoms with van der Waals surface area (Å²) in [5.41, 5.74) is 3.35. The van der Waals surface area contributed by atoms with Gasteiger partial charge in [-0.1, -0.05) is 17.7 Å². The average molecular weight is 351 g/mol. The average Bonchev–Trinajstić information content (AvgIpc) is 3.10. The molecule has 0 saturated carbocycles. The van der Waals surface area contributed by atoms with E-state index in [-0.39, 0.29) is 5.91 Å². The van der Waals surface area contributed by atoms with Gasteiger partial charge in [0.25, 0.3) is 5.91 Å². The number of pyridine rings is 1. The van der Waals surface area contributed by atoms with E-state index in [1.165, 1.54) is 0 Å². The van der Waals surface area contributed by atoms with Gasteiger partial charge >= 0.3 is 0 Å². The number of fused-ring (bicyclic) bond motifs is 1. The molecule has 0 radical (unpaired) electrons. The highest BCUT2D eigenvalue weighted by atomic mass is 16.5. The summed E-state index contributed by atoms with van der Waals surface area (Å²) in [5.74, 6) is 0.706. The number of morpholine rings is 1. The molecule has 1 aliphatic heterocycles. The van der Waals surface area contributed by atoms with Crippen LogP contribution in [0.2, 0.25) is 0 Å². The Balaban J connectivity index is 1.52. The number of carbonyl (C=O) groups excluding carboxylic acids is 1. The van der Waals surface area contributed by atoms with Crippen molar-refractivity contribution in [3.8, 4) is 0 Å². The van der Waals surface area contributed by atoms with Crippen LogP contribution >= 0.6 is 0 Å². The zero-order valence-electron chi connectivity index (χ0n) is 14.7. The Hall–Kier alpha value is -2.93. The number of benzene rings is 1. The minimum Gasteiger partial charge on any atom is -0.378 e. The first-order valence-corrected chi connectivity index (χ1v) is 8.72. The van der Waals surface area contributed by atoms with Gasteiger partial charge in [-0.2, -0.15) is 5.10 Å². The third-order valence-electron chi connectivity index (χ3n) is 4.55. The van der Waals surface area contributed by atoms with Crippen LogP contribution in [-0.2, 0) is 11.3 Å². The zero-order chi connectivity index (χ0) is 17.9. The second-order valence-electron chi connectivity index (χ2n) is 6.39. The van der Waals surface area contributed by atoms with E-state index in [0.717, 1.165) is 40.9 Å². The quantitative estimate of drug-likeness (QED) is 0.751. The van der Waals surface area contributed by atoms with Gasteiger partial charge in [0.2, 0.25) is 0 Å². The Kier molecular flexibility index (Phi) is 4.53. The lowest BCUT2D eigenvalue weighted by Crippen LogP contribution is -2.37. The predicted molar refractivity (Wildman–Crippen MR) is 99.3 cm³/mol. The van der Waals surface area contributed by atoms with Crippen molar-refractivity contribution in [2.75, 3.05) is 31.2 Å². The number of aryl methyl sites for hydroxylation is 1. The Morgan fingerprint density at radius 2 is 2.15 bits per heavy atom. The number of aromatic nitrogens is 3. The van der Waals surface area contributed by atoms with Gasteiger partial charge in [0, 0.05) is 36.8 Å². The molecule has 0 unspecified atom stereocenters. The summed E-state index contributed by atoms with van der Waals surface area (Å²) >= 11 is 0. The number of H-pyrrole nitrogens is 1. The van der Waals surface area contributed by atoms with Crippen molar-refractivity contribution in [3.05, 3.63) is 53.3 Å². The molecule has 4 rings (SSSR count). The number of ether oxygens (including phenoxy) is 1. The summed E-state index contributed by atoms with van der Waals surface area (Å²) in [6.07, 6.45) is 1.78. The van der Waals surface area contributed by atoms with Crippen LogP contribution in [0.3, 0.4) is 0 Å². The molecule has 2 aromatic heterocycles. The first-order valence-electron chi connectivity index (χ1n) is 8.72. The molecular weight excluding hydrogens is 330 g/mol. The van der Waals surface area contributed by atoms with Crippen molar-refractivity contribution >= 4 is 22.6 Å². The summed E-state index contributed by atoms with van der Waals surface area (Å²) in [7, 11) is 0. The molecule has 3 aromatic rings. The molecule has 1 saturated heterocycles. The fraction of sp³-hybridized carbons (Fsp3) is 0.316. The molecule has 134 valence electrons. The smallest absolute Gasteiger partial charge is 0.272 e. The number of hydrogen-bond acceptors (Lipinski definition) is 5. The second kappa shape index (κ2) is 7.13. The molecular formula is C19H21N5O2. The molecule has 1 aliphatic rings. The third kappa shape index (κ3) is 3.25. The van der Waals surface area contributed by atoms with Gasteiger partial charge in [-0.3, -0.25) is 9.89 Å². The lowest BCUT2D eigenvalue weighted by Gasteiger charge is -2.29. The molecule has 0 atom stereocenters. The van der Waals surface area contributed by atoms with Crippen molar-refractivity contribution in [1.29, 1.82) is 0 Å². The van der Waals surface area contributed by atoms with Gasteiger partial charge in [0.05, 0.1) is 18.7 Å². The van der Waals surface area contributed by atoms with E-state index < -0.39 is 0 Å². The fourth-order valence-corrected chi connectivity index (χ4v) is 3.19. The molecule has 0 aliphatic carbocycles. The summed E-state index contributed by atoms with van der Waals surface area (Å²) in [6.45, 7) is 5.41. The zero-order valence-corrected chi connectivity index (χ0v) is 14.7. The van der Waals surface area contributed by atoms with Gasteiger partial charge in [-0.05, 0) is 25.1 Å². The molecule has 0 bridgehead atoms. The van der Waals surface area contributed by atoms with Crippen LogP contribution in [0.5, 0.6) is 0 Å². The highest BCUT2D eigenvalue weighted by Gasteiger charge is 2.18. The van der Waals surface area contributed by atoms with E-state index >= 15 is 0 Å². The van der Waals surface area contributed by atoms with Gasteiger partial charge in [0.1, 0.15) is 5.82 Å². The van der Waals surface area contributed by atoms with E-state index in [0.29, 0.717) is 25.5 Å². The molecule has 1 amide bonds. The summed E-state index contributed by atoms with van der Waals surface area (Å²) < 4.78 is 5.41. The van der Waals surface area contributed by atoms with E-state index in [2.05, 4.69) is 25.4 Å². The van der Waals surface area contributed by atoms with Crippen LogP contribution in [0.4, 0.5) is 5.82 Å². The number of amides is 1. The topological polar surface area (TPSA) is 83.1 Å². The van der Waals surface area contributed by atoms with Gasteiger partial charge in [0.15, 0.2) is 5.69 Å². The largest absolute Gasteiger partial charge is 0.378 e. The van der Waals surface area contributed by atoms with Crippen LogP contribution in [0.15, 0.2) is 36.5 Å². The maximum absolute atomic E-state index is 12.6. The first kappa shape index (κ1) is 16.5. The number of nitrogens with one attached hydrogen (secondary N) is 2. The fourth-order valence-electron chi connectivity index (χ4n) is 3.19.